The predicted molar refractivity (Wildman–Crippen MR) is 101 cm³/mol. The number of hydrogen-bond donors (Lipinski definition) is 2. The molecule has 0 spiro atoms. The van der Waals surface area contributed by atoms with Crippen LogP contribution in [0.1, 0.15) is 30.5 Å². The van der Waals surface area contributed by atoms with Gasteiger partial charge in [0.05, 0.1) is 12.0 Å². The van der Waals surface area contributed by atoms with Gasteiger partial charge in [-0.3, -0.25) is 10.0 Å². The highest BCUT2D eigenvalue weighted by Crippen LogP contribution is 2.20. The molecule has 5 nitrogen and oxygen atoms in total. The summed E-state index contributed by atoms with van der Waals surface area (Å²) in [6, 6.07) is 18.9. The van der Waals surface area contributed by atoms with Crippen LogP contribution in [0.5, 0.6) is 0 Å². The number of aromatic nitrogens is 2. The molecule has 2 N–H and O–H groups in total. The zero-order valence-electron chi connectivity index (χ0n) is 14.6. The standard InChI is InChI=1S/C21H23N3O2/c25-21(23-26)12-5-4-11-20-15-24(16-22-20)14-17-7-6-10-19(13-17)18-8-2-1-3-9-18/h1-3,6-10,13,15-16,26H,4-5,11-12,14H2,(H,23,25). The second kappa shape index (κ2) is 8.97. The minimum absolute atomic E-state index is 0.337. The fourth-order valence-corrected chi connectivity index (χ4v) is 2.96. The van der Waals surface area contributed by atoms with Crippen LogP contribution in [0.3, 0.4) is 0 Å². The number of unbranched alkanes of at least 4 members (excludes halogenated alkanes) is 1. The van der Waals surface area contributed by atoms with Crippen LogP contribution in [0.2, 0.25) is 0 Å². The molecule has 0 aliphatic carbocycles. The number of rotatable bonds is 8. The van der Waals surface area contributed by atoms with Gasteiger partial charge < -0.3 is 4.57 Å². The molecule has 0 saturated carbocycles. The number of imidazole rings is 1. The van der Waals surface area contributed by atoms with Crippen molar-refractivity contribution in [3.8, 4) is 11.1 Å². The van der Waals surface area contributed by atoms with Gasteiger partial charge in [0.1, 0.15) is 0 Å². The highest BCUT2D eigenvalue weighted by molar-refractivity contribution is 5.74. The van der Waals surface area contributed by atoms with Crippen LogP contribution >= 0.6 is 0 Å². The fourth-order valence-electron chi connectivity index (χ4n) is 2.96. The third-order valence-electron chi connectivity index (χ3n) is 4.30. The van der Waals surface area contributed by atoms with Crippen molar-refractivity contribution in [2.24, 2.45) is 0 Å². The van der Waals surface area contributed by atoms with E-state index in [4.69, 9.17) is 5.21 Å². The molecule has 2 aromatic carbocycles. The number of hydrogen-bond acceptors (Lipinski definition) is 3. The van der Waals surface area contributed by atoms with Crippen molar-refractivity contribution in [2.75, 3.05) is 0 Å². The van der Waals surface area contributed by atoms with Gasteiger partial charge in [-0.1, -0.05) is 48.5 Å². The van der Waals surface area contributed by atoms with E-state index in [2.05, 4.69) is 52.1 Å². The van der Waals surface area contributed by atoms with Crippen molar-refractivity contribution in [2.45, 2.75) is 32.2 Å². The number of aryl methyl sites for hydroxylation is 1. The first-order chi connectivity index (χ1) is 12.7. The van der Waals surface area contributed by atoms with E-state index in [0.29, 0.717) is 6.42 Å². The van der Waals surface area contributed by atoms with Gasteiger partial charge in [-0.25, -0.2) is 10.5 Å². The van der Waals surface area contributed by atoms with Crippen LogP contribution in [0.15, 0.2) is 67.1 Å². The molecule has 3 rings (SSSR count). The van der Waals surface area contributed by atoms with Gasteiger partial charge >= 0.3 is 0 Å². The summed E-state index contributed by atoms with van der Waals surface area (Å²) in [7, 11) is 0. The van der Waals surface area contributed by atoms with E-state index in [1.54, 1.807) is 5.48 Å². The lowest BCUT2D eigenvalue weighted by molar-refractivity contribution is -0.129. The molecule has 1 heterocycles. The maximum Gasteiger partial charge on any atom is 0.243 e. The van der Waals surface area contributed by atoms with Gasteiger partial charge in [0.15, 0.2) is 0 Å². The van der Waals surface area contributed by atoms with Gasteiger partial charge in [-0.05, 0) is 42.0 Å². The van der Waals surface area contributed by atoms with Crippen molar-refractivity contribution in [3.63, 3.8) is 0 Å². The topological polar surface area (TPSA) is 67.2 Å². The molecule has 0 aliphatic heterocycles. The van der Waals surface area contributed by atoms with Crippen molar-refractivity contribution in [3.05, 3.63) is 78.4 Å². The SMILES string of the molecule is O=C(CCCCc1cn(Cc2cccc(-c3ccccc3)c2)cn1)NO. The highest BCUT2D eigenvalue weighted by Gasteiger charge is 2.04. The van der Waals surface area contributed by atoms with E-state index in [1.807, 2.05) is 24.5 Å². The van der Waals surface area contributed by atoms with Crippen molar-refractivity contribution in [1.29, 1.82) is 0 Å². The summed E-state index contributed by atoms with van der Waals surface area (Å²) < 4.78 is 2.08. The largest absolute Gasteiger partial charge is 0.333 e. The number of amides is 1. The number of nitrogens with one attached hydrogen (secondary N) is 1. The van der Waals surface area contributed by atoms with Gasteiger partial charge in [0.25, 0.3) is 0 Å². The Labute approximate surface area is 153 Å². The van der Waals surface area contributed by atoms with E-state index >= 15 is 0 Å². The van der Waals surface area contributed by atoms with Gasteiger partial charge in [0, 0.05) is 19.2 Å². The Morgan fingerprint density at radius 3 is 2.65 bits per heavy atom. The summed E-state index contributed by atoms with van der Waals surface area (Å²) in [4.78, 5) is 15.4. The van der Waals surface area contributed by atoms with E-state index in [0.717, 1.165) is 31.5 Å². The Hall–Kier alpha value is -2.92. The highest BCUT2D eigenvalue weighted by atomic mass is 16.5. The molecule has 1 aromatic heterocycles. The first-order valence-electron chi connectivity index (χ1n) is 8.82. The van der Waals surface area contributed by atoms with E-state index in [1.165, 1.54) is 16.7 Å². The maximum atomic E-state index is 11.0. The number of carbonyl (C=O) groups excluding carboxylic acids is 1. The second-order valence-electron chi connectivity index (χ2n) is 6.35. The number of hydroxylamine groups is 1. The molecule has 0 unspecified atom stereocenters. The third-order valence-corrected chi connectivity index (χ3v) is 4.30. The molecule has 0 aliphatic rings. The molecular formula is C21H23N3O2. The van der Waals surface area contributed by atoms with Crippen molar-refractivity contribution >= 4 is 5.91 Å². The van der Waals surface area contributed by atoms with E-state index in [-0.39, 0.29) is 5.91 Å². The lowest BCUT2D eigenvalue weighted by Crippen LogP contribution is -2.17. The maximum absolute atomic E-state index is 11.0. The second-order valence-corrected chi connectivity index (χ2v) is 6.35. The normalized spacial score (nSPS) is 10.7. The van der Waals surface area contributed by atoms with E-state index in [9.17, 15) is 4.79 Å². The fraction of sp³-hybridized carbons (Fsp3) is 0.238. The monoisotopic (exact) mass is 349 g/mol. The summed E-state index contributed by atoms with van der Waals surface area (Å²) in [6.45, 7) is 0.778. The Morgan fingerprint density at radius 1 is 1.04 bits per heavy atom. The molecule has 0 saturated heterocycles. The predicted octanol–water partition coefficient (Wildman–Crippen LogP) is 3.82. The number of nitrogens with zero attached hydrogens (tertiary/aromatic N) is 2. The number of carbonyl (C=O) groups is 1. The summed E-state index contributed by atoms with van der Waals surface area (Å²) in [5.74, 6) is -0.339. The quantitative estimate of drug-likeness (QED) is 0.369. The average Bonchev–Trinajstić information content (AvgIpc) is 3.13. The Balaban J connectivity index is 1.57. The lowest BCUT2D eigenvalue weighted by Gasteiger charge is -2.06. The molecule has 1 amide bonds. The van der Waals surface area contributed by atoms with Gasteiger partial charge in [-0.2, -0.15) is 0 Å². The van der Waals surface area contributed by atoms with Crippen LogP contribution in [-0.2, 0) is 17.8 Å². The summed E-state index contributed by atoms with van der Waals surface area (Å²) in [5, 5.41) is 8.47. The lowest BCUT2D eigenvalue weighted by atomic mass is 10.0. The van der Waals surface area contributed by atoms with Crippen LogP contribution in [0, 0.1) is 0 Å². The first kappa shape index (κ1) is 17.9. The van der Waals surface area contributed by atoms with E-state index < -0.39 is 0 Å². The van der Waals surface area contributed by atoms with Crippen LogP contribution < -0.4 is 5.48 Å². The summed E-state index contributed by atoms with van der Waals surface area (Å²) >= 11 is 0. The molecule has 0 fully saturated rings. The molecular weight excluding hydrogens is 326 g/mol. The zero-order valence-corrected chi connectivity index (χ0v) is 14.6. The Morgan fingerprint density at radius 2 is 1.85 bits per heavy atom. The molecule has 0 radical (unpaired) electrons. The van der Waals surface area contributed by atoms with Crippen molar-refractivity contribution in [1.82, 2.24) is 15.0 Å². The van der Waals surface area contributed by atoms with Crippen LogP contribution in [-0.4, -0.2) is 20.7 Å². The molecule has 3 aromatic rings. The summed E-state index contributed by atoms with van der Waals surface area (Å²) in [6.07, 6.45) is 6.68. The third kappa shape index (κ3) is 5.04. The molecule has 134 valence electrons. The minimum atomic E-state index is -0.339. The van der Waals surface area contributed by atoms with Crippen LogP contribution in [0.25, 0.3) is 11.1 Å². The Bertz CT molecular complexity index is 843. The molecule has 0 bridgehead atoms. The van der Waals surface area contributed by atoms with Crippen LogP contribution in [0.4, 0.5) is 0 Å². The first-order valence-corrected chi connectivity index (χ1v) is 8.82. The molecule has 5 heteroatoms. The number of benzene rings is 2. The minimum Gasteiger partial charge on any atom is -0.333 e. The molecule has 26 heavy (non-hydrogen) atoms. The van der Waals surface area contributed by atoms with Crippen molar-refractivity contribution < 1.29 is 10.0 Å². The molecule has 0 atom stereocenters. The zero-order chi connectivity index (χ0) is 18.2. The smallest absolute Gasteiger partial charge is 0.243 e. The Kier molecular flexibility index (Phi) is 6.17. The average molecular weight is 349 g/mol. The van der Waals surface area contributed by atoms with Gasteiger partial charge in [-0.15, -0.1) is 0 Å². The summed E-state index contributed by atoms with van der Waals surface area (Å²) in [5.41, 5.74) is 6.33. The van der Waals surface area contributed by atoms with Gasteiger partial charge in [0.2, 0.25) is 5.91 Å².